The smallest absolute Gasteiger partial charge is 0.409 e. The van der Waals surface area contributed by atoms with Crippen LogP contribution in [0.25, 0.3) is 0 Å². The first-order chi connectivity index (χ1) is 16.6. The third-order valence-corrected chi connectivity index (χ3v) is 5.87. The summed E-state index contributed by atoms with van der Waals surface area (Å²) in [6.07, 6.45) is 16.0. The zero-order valence-corrected chi connectivity index (χ0v) is 23.5. The molecule has 0 radical (unpaired) electrons. The van der Waals surface area contributed by atoms with Gasteiger partial charge in [-0.1, -0.05) is 90.4 Å². The number of hydrogen-bond acceptors (Lipinski definition) is 6. The maximum atomic E-state index is 12.9. The van der Waals surface area contributed by atoms with Crippen LogP contribution in [0.2, 0.25) is 0 Å². The van der Waals surface area contributed by atoms with Crippen molar-refractivity contribution in [1.29, 1.82) is 0 Å². The molecule has 35 heavy (non-hydrogen) atoms. The molecule has 0 aliphatic heterocycles. The number of amides is 1. The lowest BCUT2D eigenvalue weighted by molar-refractivity contribution is -0.166. The molecular weight excluding hydrogens is 446 g/mol. The summed E-state index contributed by atoms with van der Waals surface area (Å²) in [6, 6.07) is 0. The van der Waals surface area contributed by atoms with Crippen molar-refractivity contribution in [2.45, 2.75) is 149 Å². The van der Waals surface area contributed by atoms with E-state index in [2.05, 4.69) is 12.2 Å². The lowest BCUT2D eigenvalue weighted by atomic mass is 9.91. The van der Waals surface area contributed by atoms with Gasteiger partial charge in [-0.25, -0.2) is 14.4 Å². The molecule has 0 unspecified atom stereocenters. The second-order valence-corrected chi connectivity index (χ2v) is 10.3. The topological polar surface area (TPSA) is 90.9 Å². The van der Waals surface area contributed by atoms with Gasteiger partial charge in [0.15, 0.2) is 0 Å². The minimum atomic E-state index is -1.90. The molecule has 0 aromatic rings. The lowest BCUT2D eigenvalue weighted by Crippen LogP contribution is -2.62. The first-order valence-corrected chi connectivity index (χ1v) is 14.0. The summed E-state index contributed by atoms with van der Waals surface area (Å²) in [5.41, 5.74) is -2.67. The van der Waals surface area contributed by atoms with Crippen molar-refractivity contribution in [2.24, 2.45) is 0 Å². The van der Waals surface area contributed by atoms with Crippen LogP contribution in [0.15, 0.2) is 0 Å². The molecule has 0 heterocycles. The Morgan fingerprint density at radius 3 is 1.31 bits per heavy atom. The van der Waals surface area contributed by atoms with E-state index in [0.717, 1.165) is 19.3 Å². The molecule has 0 atom stereocenters. The van der Waals surface area contributed by atoms with Crippen LogP contribution in [0.4, 0.5) is 4.79 Å². The third kappa shape index (κ3) is 15.7. The molecule has 0 saturated carbocycles. The Kier molecular flexibility index (Phi) is 18.4. The number of nitrogens with one attached hydrogen (secondary N) is 1. The van der Waals surface area contributed by atoms with E-state index in [1.807, 2.05) is 0 Å². The van der Waals surface area contributed by atoms with Crippen molar-refractivity contribution in [3.05, 3.63) is 0 Å². The van der Waals surface area contributed by atoms with Crippen LogP contribution >= 0.6 is 0 Å². The lowest BCUT2D eigenvalue weighted by Gasteiger charge is -2.31. The SMILES string of the molecule is CCCCCCCCCCCCCCCCC(NC(=O)OC(C)(C)C)(C(=O)OCC)C(=O)OCC. The molecule has 0 aliphatic rings. The van der Waals surface area contributed by atoms with Gasteiger partial charge in [-0.2, -0.15) is 0 Å². The van der Waals surface area contributed by atoms with Crippen LogP contribution in [0.3, 0.4) is 0 Å². The van der Waals surface area contributed by atoms with E-state index in [9.17, 15) is 14.4 Å². The Hall–Kier alpha value is -1.79. The predicted octanol–water partition coefficient (Wildman–Crippen LogP) is 7.25. The Balaban J connectivity index is 4.60. The molecule has 0 rings (SSSR count). The van der Waals surface area contributed by atoms with Crippen LogP contribution in [0, 0.1) is 0 Å². The fourth-order valence-corrected chi connectivity index (χ4v) is 4.02. The van der Waals surface area contributed by atoms with E-state index in [1.54, 1.807) is 34.6 Å². The molecule has 0 aliphatic carbocycles. The Bertz CT molecular complexity index is 566. The number of hydrogen-bond donors (Lipinski definition) is 1. The van der Waals surface area contributed by atoms with Crippen molar-refractivity contribution in [3.8, 4) is 0 Å². The predicted molar refractivity (Wildman–Crippen MR) is 140 cm³/mol. The Morgan fingerprint density at radius 2 is 0.971 bits per heavy atom. The minimum absolute atomic E-state index is 0.0920. The van der Waals surface area contributed by atoms with Crippen molar-refractivity contribution in [2.75, 3.05) is 13.2 Å². The van der Waals surface area contributed by atoms with Gasteiger partial charge in [0, 0.05) is 0 Å². The number of carbonyl (C=O) groups excluding carboxylic acids is 3. The number of rotatable bonds is 20. The minimum Gasteiger partial charge on any atom is -0.464 e. The molecule has 0 bridgehead atoms. The molecule has 0 aromatic heterocycles. The van der Waals surface area contributed by atoms with Gasteiger partial charge in [0.1, 0.15) is 5.60 Å². The van der Waals surface area contributed by atoms with Crippen LogP contribution in [0.5, 0.6) is 0 Å². The molecule has 1 amide bonds. The zero-order valence-electron chi connectivity index (χ0n) is 23.5. The molecule has 206 valence electrons. The standard InChI is InChI=1S/C28H53NO6/c1-7-10-11-12-13-14-15-16-17-18-19-20-21-22-23-28(24(30)33-8-2,25(31)34-9-3)29-26(32)35-27(4,5)6/h7-23H2,1-6H3,(H,29,32). The molecule has 1 N–H and O–H groups in total. The summed E-state index contributed by atoms with van der Waals surface area (Å²) in [6.45, 7) is 10.9. The highest BCUT2D eigenvalue weighted by atomic mass is 16.6. The quantitative estimate of drug-likeness (QED) is 0.0821. The van der Waals surface area contributed by atoms with E-state index in [1.165, 1.54) is 64.2 Å². The summed E-state index contributed by atoms with van der Waals surface area (Å²) < 4.78 is 15.6. The van der Waals surface area contributed by atoms with E-state index < -0.39 is 29.2 Å². The van der Waals surface area contributed by atoms with Gasteiger partial charge in [-0.15, -0.1) is 0 Å². The van der Waals surface area contributed by atoms with Gasteiger partial charge in [0.05, 0.1) is 13.2 Å². The second kappa shape index (κ2) is 19.4. The first-order valence-electron chi connectivity index (χ1n) is 14.0. The summed E-state index contributed by atoms with van der Waals surface area (Å²) in [5.74, 6) is -1.61. The van der Waals surface area contributed by atoms with E-state index in [0.29, 0.717) is 6.42 Å². The fraction of sp³-hybridized carbons (Fsp3) is 0.893. The molecule has 7 nitrogen and oxygen atoms in total. The normalized spacial score (nSPS) is 11.7. The fourth-order valence-electron chi connectivity index (χ4n) is 4.02. The number of esters is 2. The molecule has 0 fully saturated rings. The van der Waals surface area contributed by atoms with E-state index >= 15 is 0 Å². The summed E-state index contributed by atoms with van der Waals surface area (Å²) in [7, 11) is 0. The average molecular weight is 500 g/mol. The highest BCUT2D eigenvalue weighted by molar-refractivity contribution is 6.07. The van der Waals surface area contributed by atoms with Crippen LogP contribution in [0.1, 0.15) is 138 Å². The molecule has 0 saturated heterocycles. The Labute approximate surface area is 214 Å². The molecular formula is C28H53NO6. The van der Waals surface area contributed by atoms with E-state index in [4.69, 9.17) is 14.2 Å². The maximum absolute atomic E-state index is 12.9. The average Bonchev–Trinajstić information content (AvgIpc) is 2.77. The van der Waals surface area contributed by atoms with Crippen molar-refractivity contribution >= 4 is 18.0 Å². The van der Waals surface area contributed by atoms with Crippen molar-refractivity contribution in [1.82, 2.24) is 5.32 Å². The summed E-state index contributed by atoms with van der Waals surface area (Å²) >= 11 is 0. The highest BCUT2D eigenvalue weighted by Gasteiger charge is 2.50. The maximum Gasteiger partial charge on any atom is 0.409 e. The van der Waals surface area contributed by atoms with Gasteiger partial charge in [-0.05, 0) is 47.5 Å². The molecule has 0 spiro atoms. The van der Waals surface area contributed by atoms with Gasteiger partial charge < -0.3 is 14.2 Å². The van der Waals surface area contributed by atoms with Gasteiger partial charge in [0.25, 0.3) is 0 Å². The highest BCUT2D eigenvalue weighted by Crippen LogP contribution is 2.22. The van der Waals surface area contributed by atoms with Crippen molar-refractivity contribution < 1.29 is 28.6 Å². The first kappa shape index (κ1) is 33.2. The van der Waals surface area contributed by atoms with Crippen molar-refractivity contribution in [3.63, 3.8) is 0 Å². The van der Waals surface area contributed by atoms with E-state index in [-0.39, 0.29) is 19.6 Å². The van der Waals surface area contributed by atoms with Gasteiger partial charge in [0.2, 0.25) is 5.54 Å². The number of carbonyl (C=O) groups is 3. The van der Waals surface area contributed by atoms with Crippen LogP contribution < -0.4 is 5.32 Å². The number of unbranched alkanes of at least 4 members (excludes halogenated alkanes) is 13. The summed E-state index contributed by atoms with van der Waals surface area (Å²) in [4.78, 5) is 38.2. The van der Waals surface area contributed by atoms with Crippen LogP contribution in [-0.2, 0) is 23.8 Å². The molecule has 7 heteroatoms. The zero-order chi connectivity index (χ0) is 26.6. The summed E-state index contributed by atoms with van der Waals surface area (Å²) in [5, 5.41) is 2.49. The largest absolute Gasteiger partial charge is 0.464 e. The second-order valence-electron chi connectivity index (χ2n) is 10.3. The van der Waals surface area contributed by atoms with Gasteiger partial charge >= 0.3 is 18.0 Å². The number of ether oxygens (including phenoxy) is 3. The third-order valence-electron chi connectivity index (χ3n) is 5.87. The molecule has 0 aromatic carbocycles. The van der Waals surface area contributed by atoms with Crippen LogP contribution in [-0.4, -0.2) is 42.4 Å². The number of alkyl carbamates (subject to hydrolysis) is 1. The monoisotopic (exact) mass is 499 g/mol. The Morgan fingerprint density at radius 1 is 0.600 bits per heavy atom. The van der Waals surface area contributed by atoms with Gasteiger partial charge in [-0.3, -0.25) is 5.32 Å².